The van der Waals surface area contributed by atoms with E-state index in [4.69, 9.17) is 9.31 Å². The molecule has 0 unspecified atom stereocenters. The Morgan fingerprint density at radius 3 is 1.60 bits per heavy atom. The maximum absolute atomic E-state index is 13.0. The van der Waals surface area contributed by atoms with Crippen LogP contribution in [0.4, 0.5) is 0 Å². The number of hydrogen-bond donors (Lipinski definition) is 0. The van der Waals surface area contributed by atoms with Crippen LogP contribution in [-0.4, -0.2) is 13.1 Å². The molecule has 5 rings (SSSR count). The molecule has 3 nitrogen and oxygen atoms in total. The monoisotopic (exact) mass is 410 g/mol. The minimum absolute atomic E-state index is 0.585. The summed E-state index contributed by atoms with van der Waals surface area (Å²) in [4.78, 5) is 13.0. The third-order valence-electron chi connectivity index (χ3n) is 5.59. The summed E-state index contributed by atoms with van der Waals surface area (Å²) in [5.74, 6) is 1.44. The van der Waals surface area contributed by atoms with E-state index in [0.717, 1.165) is 32.9 Å². The van der Waals surface area contributed by atoms with Crippen molar-refractivity contribution in [2.75, 3.05) is 0 Å². The Morgan fingerprint density at radius 1 is 0.600 bits per heavy atom. The van der Waals surface area contributed by atoms with Crippen LogP contribution >= 0.6 is 7.26 Å². The van der Waals surface area contributed by atoms with Gasteiger partial charge in [0.15, 0.2) is 0 Å². The van der Waals surface area contributed by atoms with Gasteiger partial charge in [-0.1, -0.05) is 0 Å². The quantitative estimate of drug-likeness (QED) is 0.288. The van der Waals surface area contributed by atoms with Crippen LogP contribution in [-0.2, 0) is 4.79 Å². The van der Waals surface area contributed by atoms with Crippen LogP contribution in [0, 0.1) is 0 Å². The summed E-state index contributed by atoms with van der Waals surface area (Å²) in [5, 5.41) is 3.05. The van der Waals surface area contributed by atoms with Crippen molar-refractivity contribution in [3.63, 3.8) is 0 Å². The molecule has 0 radical (unpaired) electrons. The van der Waals surface area contributed by atoms with Crippen molar-refractivity contribution in [1.29, 1.82) is 0 Å². The normalized spacial score (nSPS) is 13.1. The van der Waals surface area contributed by atoms with Crippen LogP contribution in [0.2, 0.25) is 0 Å². The number of fused-ring (bicyclic) bond motifs is 1. The predicted molar refractivity (Wildman–Crippen MR) is 126 cm³/mol. The molecule has 0 bridgehead atoms. The second-order valence-electron chi connectivity index (χ2n) is 7.26. The fourth-order valence-corrected chi connectivity index (χ4v) is 7.97. The van der Waals surface area contributed by atoms with Gasteiger partial charge < -0.3 is 0 Å². The summed E-state index contributed by atoms with van der Waals surface area (Å²) in [6.45, 7) is 0. The maximum atomic E-state index is 13.0. The number of carbonyl (C=O) groups is 1. The zero-order chi connectivity index (χ0) is 20.4. The molecule has 1 heterocycles. The standard InChI is InChI=1S/C25H20BO3P/c27-19-30(20-11-3-1-4-12-20,21-13-5-2-6-14-21)25-18-10-7-15-22(25)26-28-23-16-8-9-17-24(23)29-26/h1-19,30H. The summed E-state index contributed by atoms with van der Waals surface area (Å²) in [5.41, 5.74) is 0.889. The average Bonchev–Trinajstić information content (AvgIpc) is 3.26. The van der Waals surface area contributed by atoms with E-state index in [9.17, 15) is 4.79 Å². The van der Waals surface area contributed by atoms with Crippen molar-refractivity contribution in [2.24, 2.45) is 0 Å². The van der Waals surface area contributed by atoms with Gasteiger partial charge in [0.05, 0.1) is 0 Å². The van der Waals surface area contributed by atoms with E-state index in [1.807, 2.05) is 84.9 Å². The van der Waals surface area contributed by atoms with E-state index < -0.39 is 14.4 Å². The van der Waals surface area contributed by atoms with Gasteiger partial charge in [-0.05, 0) is 0 Å². The molecule has 0 saturated carbocycles. The number of rotatable bonds is 5. The van der Waals surface area contributed by atoms with Crippen LogP contribution in [0.15, 0.2) is 109 Å². The Morgan fingerprint density at radius 2 is 1.07 bits per heavy atom. The molecule has 0 amide bonds. The van der Waals surface area contributed by atoms with Crippen molar-refractivity contribution in [3.05, 3.63) is 109 Å². The van der Waals surface area contributed by atoms with E-state index in [2.05, 4.69) is 24.3 Å². The fraction of sp³-hybridized carbons (Fsp3) is 0. The molecule has 1 aliphatic heterocycles. The second kappa shape index (κ2) is 7.81. The van der Waals surface area contributed by atoms with E-state index in [0.29, 0.717) is 0 Å². The van der Waals surface area contributed by atoms with Crippen molar-refractivity contribution in [3.8, 4) is 11.5 Å². The van der Waals surface area contributed by atoms with E-state index in [1.54, 1.807) is 0 Å². The number of benzene rings is 4. The van der Waals surface area contributed by atoms with Gasteiger partial charge in [-0.15, -0.1) is 0 Å². The topological polar surface area (TPSA) is 35.5 Å². The zero-order valence-corrected chi connectivity index (χ0v) is 17.3. The molecule has 1 aliphatic rings. The number of carbonyl (C=O) groups excluding carboxylic acids is 1. The summed E-state index contributed by atoms with van der Waals surface area (Å²) < 4.78 is 12.3. The molecule has 0 fully saturated rings. The predicted octanol–water partition coefficient (Wildman–Crippen LogP) is 3.07. The SMILES string of the molecule is O=C[PH](c1ccccc1)(c1ccccc1)c1ccccc1B1Oc2ccccc2O1. The Kier molecular flexibility index (Phi) is 4.86. The molecule has 0 N–H and O–H groups in total. The third kappa shape index (κ3) is 3.01. The summed E-state index contributed by atoms with van der Waals surface area (Å²) in [6, 6.07) is 36.9. The minimum atomic E-state index is -2.95. The molecule has 0 spiro atoms. The van der Waals surface area contributed by atoms with Gasteiger partial charge in [-0.2, -0.15) is 0 Å². The van der Waals surface area contributed by atoms with E-state index in [1.165, 1.54) is 6.03 Å². The van der Waals surface area contributed by atoms with Crippen molar-refractivity contribution >= 4 is 41.8 Å². The van der Waals surface area contributed by atoms with Gasteiger partial charge >= 0.3 is 177 Å². The molecule has 4 aromatic carbocycles. The van der Waals surface area contributed by atoms with Gasteiger partial charge in [-0.3, -0.25) is 0 Å². The molecule has 0 atom stereocenters. The Labute approximate surface area is 176 Å². The van der Waals surface area contributed by atoms with Gasteiger partial charge in [0, 0.05) is 0 Å². The average molecular weight is 410 g/mol. The first-order valence-electron chi connectivity index (χ1n) is 9.92. The molecule has 30 heavy (non-hydrogen) atoms. The molecule has 5 heteroatoms. The van der Waals surface area contributed by atoms with Gasteiger partial charge in [-0.25, -0.2) is 0 Å². The summed E-state index contributed by atoms with van der Waals surface area (Å²) >= 11 is 0. The van der Waals surface area contributed by atoms with Crippen LogP contribution < -0.4 is 30.7 Å². The fourth-order valence-electron chi connectivity index (χ4n) is 4.17. The molecule has 0 aromatic heterocycles. The molecule has 4 aromatic rings. The number of para-hydroxylation sites is 2. The van der Waals surface area contributed by atoms with Gasteiger partial charge in [0.2, 0.25) is 0 Å². The molecule has 146 valence electrons. The van der Waals surface area contributed by atoms with Crippen molar-refractivity contribution in [2.45, 2.75) is 0 Å². The third-order valence-corrected chi connectivity index (χ3v) is 9.74. The number of hydrogen-bond acceptors (Lipinski definition) is 3. The first-order chi connectivity index (χ1) is 14.8. The van der Waals surface area contributed by atoms with Crippen LogP contribution in [0.5, 0.6) is 11.5 Å². The first kappa shape index (κ1) is 18.7. The summed E-state index contributed by atoms with van der Waals surface area (Å²) in [6.07, 6.45) is 0. The molecular weight excluding hydrogens is 390 g/mol. The molecule has 0 saturated heterocycles. The molecular formula is C25H20BO3P. The zero-order valence-electron chi connectivity index (χ0n) is 16.3. The Hall–Kier alpha value is -3.36. The van der Waals surface area contributed by atoms with Crippen LogP contribution in [0.1, 0.15) is 0 Å². The van der Waals surface area contributed by atoms with Crippen molar-refractivity contribution in [1.82, 2.24) is 0 Å². The van der Waals surface area contributed by atoms with E-state index in [-0.39, 0.29) is 0 Å². The van der Waals surface area contributed by atoms with Crippen molar-refractivity contribution < 1.29 is 14.1 Å². The Balaban J connectivity index is 1.72. The molecule has 0 aliphatic carbocycles. The Bertz CT molecular complexity index is 1120. The van der Waals surface area contributed by atoms with Crippen LogP contribution in [0.3, 0.4) is 0 Å². The van der Waals surface area contributed by atoms with E-state index >= 15 is 0 Å². The van der Waals surface area contributed by atoms with Gasteiger partial charge in [0.25, 0.3) is 0 Å². The summed E-state index contributed by atoms with van der Waals surface area (Å²) in [7, 11) is -3.54. The first-order valence-corrected chi connectivity index (χ1v) is 12.0. The van der Waals surface area contributed by atoms with Crippen LogP contribution in [0.25, 0.3) is 0 Å². The van der Waals surface area contributed by atoms with Gasteiger partial charge in [0.1, 0.15) is 0 Å². The second-order valence-corrected chi connectivity index (χ2v) is 10.8.